The molecular formula is C22H28N5O+. The average Bonchev–Trinajstić information content (AvgIpc) is 3.25. The van der Waals surface area contributed by atoms with E-state index in [2.05, 4.69) is 69.4 Å². The van der Waals surface area contributed by atoms with Gasteiger partial charge in [0.15, 0.2) is 5.54 Å². The molecule has 6 nitrogen and oxygen atoms in total. The van der Waals surface area contributed by atoms with Crippen molar-refractivity contribution in [3.8, 4) is 0 Å². The molecule has 3 N–H and O–H groups in total. The molecule has 146 valence electrons. The first-order chi connectivity index (χ1) is 13.8. The van der Waals surface area contributed by atoms with Gasteiger partial charge in [-0.2, -0.15) is 0 Å². The number of benzene rings is 2. The molecule has 6 heteroatoms. The van der Waals surface area contributed by atoms with Gasteiger partial charge >= 0.3 is 0 Å². The van der Waals surface area contributed by atoms with Gasteiger partial charge in [-0.15, -0.1) is 5.10 Å². The van der Waals surface area contributed by atoms with E-state index in [0.717, 1.165) is 42.6 Å². The Balaban J connectivity index is 1.82. The molecule has 1 saturated carbocycles. The summed E-state index contributed by atoms with van der Waals surface area (Å²) in [5.74, 6) is 0.915. The lowest BCUT2D eigenvalue weighted by Gasteiger charge is -2.34. The minimum atomic E-state index is -0.174. The Morgan fingerprint density at radius 1 is 0.929 bits per heavy atom. The number of hydrogen-bond acceptors (Lipinski definition) is 4. The number of quaternary nitrogens is 1. The zero-order chi connectivity index (χ0) is 19.2. The van der Waals surface area contributed by atoms with Gasteiger partial charge < -0.3 is 10.4 Å². The number of rotatable bonds is 7. The molecule has 1 aromatic heterocycles. The average molecular weight is 379 g/mol. The van der Waals surface area contributed by atoms with E-state index in [1.165, 1.54) is 6.42 Å². The summed E-state index contributed by atoms with van der Waals surface area (Å²) in [4.78, 5) is 0. The Hall–Kier alpha value is -2.57. The first kappa shape index (κ1) is 18.8. The van der Waals surface area contributed by atoms with Crippen LogP contribution in [0.3, 0.4) is 0 Å². The minimum absolute atomic E-state index is 0.0753. The number of tetrazole rings is 1. The molecule has 1 aliphatic carbocycles. The van der Waals surface area contributed by atoms with E-state index in [1.807, 2.05) is 16.8 Å². The van der Waals surface area contributed by atoms with Crippen molar-refractivity contribution in [2.75, 3.05) is 13.2 Å². The highest BCUT2D eigenvalue weighted by molar-refractivity contribution is 5.33. The van der Waals surface area contributed by atoms with Crippen molar-refractivity contribution in [3.05, 3.63) is 77.6 Å². The summed E-state index contributed by atoms with van der Waals surface area (Å²) in [6.45, 7) is 0.818. The van der Waals surface area contributed by atoms with E-state index >= 15 is 0 Å². The molecule has 3 aromatic rings. The zero-order valence-corrected chi connectivity index (χ0v) is 16.1. The van der Waals surface area contributed by atoms with Crippen molar-refractivity contribution in [1.29, 1.82) is 0 Å². The van der Waals surface area contributed by atoms with E-state index in [4.69, 9.17) is 0 Å². The lowest BCUT2D eigenvalue weighted by atomic mass is 9.80. The molecule has 0 radical (unpaired) electrons. The van der Waals surface area contributed by atoms with Gasteiger partial charge in [0.05, 0.1) is 13.2 Å². The summed E-state index contributed by atoms with van der Waals surface area (Å²) < 4.78 is 2.00. The maximum atomic E-state index is 9.45. The summed E-state index contributed by atoms with van der Waals surface area (Å²) in [6.07, 6.45) is 5.64. The number of nitrogens with two attached hydrogens (primary N) is 1. The van der Waals surface area contributed by atoms with Crippen LogP contribution in [0, 0.1) is 0 Å². The third-order valence-electron chi connectivity index (χ3n) is 5.82. The van der Waals surface area contributed by atoms with Gasteiger partial charge in [-0.1, -0.05) is 67.1 Å². The predicted octanol–water partition coefficient (Wildman–Crippen LogP) is 2.03. The highest BCUT2D eigenvalue weighted by Gasteiger charge is 2.43. The van der Waals surface area contributed by atoms with Crippen LogP contribution >= 0.6 is 0 Å². The van der Waals surface area contributed by atoms with Crippen molar-refractivity contribution < 1.29 is 10.4 Å². The molecule has 1 aliphatic rings. The smallest absolute Gasteiger partial charge is 0.213 e. The fourth-order valence-corrected chi connectivity index (χ4v) is 4.48. The second kappa shape index (κ2) is 8.63. The second-order valence-corrected chi connectivity index (χ2v) is 7.60. The minimum Gasteiger partial charge on any atom is -0.391 e. The molecule has 2 aromatic carbocycles. The molecule has 0 amide bonds. The normalized spacial score (nSPS) is 16.4. The molecule has 0 bridgehead atoms. The summed E-state index contributed by atoms with van der Waals surface area (Å²) in [5, 5.41) is 24.8. The van der Waals surface area contributed by atoms with E-state index in [0.29, 0.717) is 6.54 Å². The second-order valence-electron chi connectivity index (χ2n) is 7.60. The number of nitrogens with zero attached hydrogens (tertiary/aromatic N) is 4. The molecule has 0 spiro atoms. The first-order valence-corrected chi connectivity index (χ1v) is 10.2. The summed E-state index contributed by atoms with van der Waals surface area (Å²) in [6, 6.07) is 20.8. The van der Waals surface area contributed by atoms with Crippen molar-refractivity contribution in [1.82, 2.24) is 20.2 Å². The topological polar surface area (TPSA) is 80.4 Å². The maximum Gasteiger partial charge on any atom is 0.213 e. The Morgan fingerprint density at radius 3 is 2.11 bits per heavy atom. The van der Waals surface area contributed by atoms with Crippen LogP contribution in [0.15, 0.2) is 60.7 Å². The third-order valence-corrected chi connectivity index (χ3v) is 5.82. The number of aliphatic hydroxyl groups excluding tert-OH is 1. The van der Waals surface area contributed by atoms with Crippen molar-refractivity contribution in [2.24, 2.45) is 0 Å². The molecule has 0 saturated heterocycles. The van der Waals surface area contributed by atoms with Gasteiger partial charge in [0.1, 0.15) is 6.04 Å². The quantitative estimate of drug-likeness (QED) is 0.659. The van der Waals surface area contributed by atoms with Crippen LogP contribution in [0.25, 0.3) is 0 Å². The SMILES string of the molecule is OCC[NH2+]C1(c2nnnn2C(c2ccccc2)c2ccccc2)CCCCC1. The Kier molecular flexibility index (Phi) is 5.78. The fraction of sp³-hybridized carbons (Fsp3) is 0.409. The van der Waals surface area contributed by atoms with E-state index in [-0.39, 0.29) is 18.2 Å². The van der Waals surface area contributed by atoms with Crippen molar-refractivity contribution in [3.63, 3.8) is 0 Å². The first-order valence-electron chi connectivity index (χ1n) is 10.2. The molecule has 0 unspecified atom stereocenters. The van der Waals surface area contributed by atoms with E-state index in [9.17, 15) is 5.11 Å². The van der Waals surface area contributed by atoms with Crippen LogP contribution in [-0.4, -0.2) is 38.5 Å². The van der Waals surface area contributed by atoms with E-state index in [1.54, 1.807) is 0 Å². The third kappa shape index (κ3) is 3.70. The number of aromatic nitrogens is 4. The molecule has 1 fully saturated rings. The lowest BCUT2D eigenvalue weighted by molar-refractivity contribution is -0.742. The summed E-state index contributed by atoms with van der Waals surface area (Å²) in [7, 11) is 0. The lowest BCUT2D eigenvalue weighted by Crippen LogP contribution is -2.96. The van der Waals surface area contributed by atoms with Gasteiger partial charge in [0.25, 0.3) is 0 Å². The van der Waals surface area contributed by atoms with Gasteiger partial charge in [0.2, 0.25) is 5.82 Å². The standard InChI is InChI=1S/C22H27N5O/c28-17-16-23-22(14-8-3-9-15-22)21-24-25-26-27(21)20(18-10-4-1-5-11-18)19-12-6-2-7-13-19/h1-2,4-7,10-13,20,23,28H,3,8-9,14-17H2/p+1. The molecule has 4 rings (SSSR count). The highest BCUT2D eigenvalue weighted by Crippen LogP contribution is 2.35. The maximum absolute atomic E-state index is 9.45. The van der Waals surface area contributed by atoms with Gasteiger partial charge in [-0.05, 0) is 34.4 Å². The van der Waals surface area contributed by atoms with Crippen LogP contribution in [0.4, 0.5) is 0 Å². The van der Waals surface area contributed by atoms with Gasteiger partial charge in [-0.3, -0.25) is 0 Å². The van der Waals surface area contributed by atoms with Crippen LogP contribution < -0.4 is 5.32 Å². The Morgan fingerprint density at radius 2 is 1.54 bits per heavy atom. The summed E-state index contributed by atoms with van der Waals surface area (Å²) >= 11 is 0. The van der Waals surface area contributed by atoms with Crippen molar-refractivity contribution in [2.45, 2.75) is 43.7 Å². The zero-order valence-electron chi connectivity index (χ0n) is 16.1. The van der Waals surface area contributed by atoms with Crippen molar-refractivity contribution >= 4 is 0 Å². The highest BCUT2D eigenvalue weighted by atomic mass is 16.3. The van der Waals surface area contributed by atoms with Crippen LogP contribution in [0.5, 0.6) is 0 Å². The Bertz CT molecular complexity index is 819. The van der Waals surface area contributed by atoms with Crippen LogP contribution in [0.2, 0.25) is 0 Å². The monoisotopic (exact) mass is 378 g/mol. The van der Waals surface area contributed by atoms with E-state index < -0.39 is 0 Å². The predicted molar refractivity (Wildman–Crippen MR) is 107 cm³/mol. The Labute approximate surface area is 165 Å². The van der Waals surface area contributed by atoms with Crippen LogP contribution in [-0.2, 0) is 5.54 Å². The molecular weight excluding hydrogens is 350 g/mol. The van der Waals surface area contributed by atoms with Gasteiger partial charge in [-0.25, -0.2) is 4.68 Å². The summed E-state index contributed by atoms with van der Waals surface area (Å²) in [5.41, 5.74) is 2.15. The fourth-order valence-electron chi connectivity index (χ4n) is 4.48. The molecule has 28 heavy (non-hydrogen) atoms. The molecule has 0 atom stereocenters. The molecule has 1 heterocycles. The number of aliphatic hydroxyl groups is 1. The van der Waals surface area contributed by atoms with Crippen LogP contribution in [0.1, 0.15) is 55.1 Å². The van der Waals surface area contributed by atoms with Gasteiger partial charge in [0, 0.05) is 12.8 Å². The number of hydrogen-bond donors (Lipinski definition) is 2. The largest absolute Gasteiger partial charge is 0.391 e. The molecule has 0 aliphatic heterocycles.